The van der Waals surface area contributed by atoms with E-state index in [1.165, 1.54) is 4.90 Å². The van der Waals surface area contributed by atoms with Gasteiger partial charge >= 0.3 is 0 Å². The zero-order valence-electron chi connectivity index (χ0n) is 19.4. The lowest BCUT2D eigenvalue weighted by atomic mass is 9.76. The Morgan fingerprint density at radius 3 is 2.78 bits per heavy atom. The summed E-state index contributed by atoms with van der Waals surface area (Å²) in [4.78, 5) is 46.1. The molecule has 36 heavy (non-hydrogen) atoms. The number of nitrogens with one attached hydrogen (secondary N) is 3. The molecule has 4 aliphatic rings. The molecule has 3 fully saturated rings. The van der Waals surface area contributed by atoms with Crippen LogP contribution < -0.4 is 10.6 Å². The number of benzene rings is 2. The number of likely N-dealkylation sites (tertiary alicyclic amines) is 1. The van der Waals surface area contributed by atoms with Crippen molar-refractivity contribution < 1.29 is 19.1 Å². The number of hydrogen-bond acceptors (Lipinski definition) is 5. The average Bonchev–Trinajstić information content (AvgIpc) is 3.68. The second-order valence-electron chi connectivity index (χ2n) is 10.2. The van der Waals surface area contributed by atoms with E-state index < -0.39 is 23.4 Å². The Morgan fingerprint density at radius 2 is 1.94 bits per heavy atom. The first-order valence-electron chi connectivity index (χ1n) is 12.4. The number of hydrogen-bond donors (Lipinski definition) is 3. The third-order valence-electron chi connectivity index (χ3n) is 8.32. The number of fused-ring (bicyclic) bond motifs is 5. The van der Waals surface area contributed by atoms with Gasteiger partial charge in [-0.2, -0.15) is 0 Å². The van der Waals surface area contributed by atoms with Crippen LogP contribution >= 0.6 is 11.6 Å². The van der Waals surface area contributed by atoms with E-state index in [1.807, 2.05) is 36.5 Å². The molecule has 9 heteroatoms. The maximum Gasteiger partial charge on any atom is 0.250 e. The number of anilines is 1. The second-order valence-corrected chi connectivity index (χ2v) is 10.6. The van der Waals surface area contributed by atoms with Gasteiger partial charge in [-0.15, -0.1) is 0 Å². The molecule has 4 aliphatic heterocycles. The number of imide groups is 1. The van der Waals surface area contributed by atoms with Gasteiger partial charge < -0.3 is 15.0 Å². The van der Waals surface area contributed by atoms with Crippen molar-refractivity contribution in [2.24, 2.45) is 11.8 Å². The predicted molar refractivity (Wildman–Crippen MR) is 133 cm³/mol. The lowest BCUT2D eigenvalue weighted by Crippen LogP contribution is -2.54. The smallest absolute Gasteiger partial charge is 0.250 e. The summed E-state index contributed by atoms with van der Waals surface area (Å²) in [7, 11) is 0. The van der Waals surface area contributed by atoms with Crippen molar-refractivity contribution >= 4 is 45.9 Å². The van der Waals surface area contributed by atoms with Crippen LogP contribution in [0.25, 0.3) is 10.9 Å². The van der Waals surface area contributed by atoms with Gasteiger partial charge in [-0.3, -0.25) is 24.6 Å². The molecule has 3 saturated heterocycles. The Bertz CT molecular complexity index is 1430. The Balaban J connectivity index is 1.33. The van der Waals surface area contributed by atoms with E-state index in [-0.39, 0.29) is 30.4 Å². The highest BCUT2D eigenvalue weighted by Crippen LogP contribution is 2.54. The largest absolute Gasteiger partial charge is 0.376 e. The topological polar surface area (TPSA) is 104 Å². The summed E-state index contributed by atoms with van der Waals surface area (Å²) in [6, 6.07) is 12.9. The van der Waals surface area contributed by atoms with E-state index in [0.29, 0.717) is 29.3 Å². The fourth-order valence-electron chi connectivity index (χ4n) is 6.74. The van der Waals surface area contributed by atoms with Crippen LogP contribution in [0.15, 0.2) is 48.7 Å². The molecule has 3 amide bonds. The number of halogens is 1. The molecule has 0 aliphatic carbocycles. The van der Waals surface area contributed by atoms with Crippen LogP contribution in [0.4, 0.5) is 5.69 Å². The zero-order valence-corrected chi connectivity index (χ0v) is 20.2. The number of carbonyl (C=O) groups excluding carboxylic acids is 3. The van der Waals surface area contributed by atoms with Crippen molar-refractivity contribution in [2.75, 3.05) is 18.5 Å². The monoisotopic (exact) mass is 504 g/mol. The number of ether oxygens (including phenoxy) is 1. The first kappa shape index (κ1) is 22.0. The van der Waals surface area contributed by atoms with Gasteiger partial charge in [-0.1, -0.05) is 41.9 Å². The molecule has 2 aromatic carbocycles. The van der Waals surface area contributed by atoms with Gasteiger partial charge in [0.1, 0.15) is 5.54 Å². The Labute approximate surface area is 212 Å². The number of rotatable bonds is 4. The van der Waals surface area contributed by atoms with Gasteiger partial charge in [0.15, 0.2) is 0 Å². The van der Waals surface area contributed by atoms with Crippen LogP contribution in [0.3, 0.4) is 0 Å². The van der Waals surface area contributed by atoms with Gasteiger partial charge in [-0.25, -0.2) is 0 Å². The minimum absolute atomic E-state index is 0.160. The van der Waals surface area contributed by atoms with Gasteiger partial charge in [-0.05, 0) is 37.0 Å². The molecule has 3 N–H and O–H groups in total. The van der Waals surface area contributed by atoms with Gasteiger partial charge in [0.2, 0.25) is 17.7 Å². The van der Waals surface area contributed by atoms with E-state index in [2.05, 4.69) is 15.6 Å². The fourth-order valence-corrected chi connectivity index (χ4v) is 6.96. The molecule has 5 heterocycles. The molecule has 5 atom stereocenters. The van der Waals surface area contributed by atoms with Crippen LogP contribution in [-0.4, -0.2) is 52.9 Å². The van der Waals surface area contributed by atoms with E-state index in [9.17, 15) is 14.4 Å². The van der Waals surface area contributed by atoms with Crippen molar-refractivity contribution in [3.05, 3.63) is 64.8 Å². The second kappa shape index (κ2) is 7.90. The van der Waals surface area contributed by atoms with Crippen molar-refractivity contribution in [1.82, 2.24) is 15.2 Å². The van der Waals surface area contributed by atoms with Gasteiger partial charge in [0, 0.05) is 35.3 Å². The van der Waals surface area contributed by atoms with E-state index >= 15 is 0 Å². The van der Waals surface area contributed by atoms with Crippen LogP contribution in [0.1, 0.15) is 24.0 Å². The third kappa shape index (κ3) is 2.92. The minimum Gasteiger partial charge on any atom is -0.376 e. The van der Waals surface area contributed by atoms with Crippen molar-refractivity contribution in [1.29, 1.82) is 0 Å². The molecule has 0 radical (unpaired) electrons. The van der Waals surface area contributed by atoms with Crippen LogP contribution in [0, 0.1) is 11.8 Å². The zero-order chi connectivity index (χ0) is 24.6. The highest BCUT2D eigenvalue weighted by atomic mass is 35.5. The Kier molecular flexibility index (Phi) is 4.83. The predicted octanol–water partition coefficient (Wildman–Crippen LogP) is 2.96. The minimum atomic E-state index is -1.36. The Hall–Kier alpha value is -3.20. The summed E-state index contributed by atoms with van der Waals surface area (Å²) in [5.74, 6) is -2.44. The molecule has 0 unspecified atom stereocenters. The third-order valence-corrected chi connectivity index (χ3v) is 8.63. The molecular formula is C27H25ClN4O4. The average molecular weight is 505 g/mol. The molecule has 1 aromatic heterocycles. The van der Waals surface area contributed by atoms with Crippen molar-refractivity contribution in [3.63, 3.8) is 0 Å². The number of para-hydroxylation sites is 2. The van der Waals surface area contributed by atoms with Crippen molar-refractivity contribution in [2.45, 2.75) is 36.9 Å². The lowest BCUT2D eigenvalue weighted by molar-refractivity contribution is -0.144. The molecule has 8 nitrogen and oxygen atoms in total. The normalized spacial score (nSPS) is 31.0. The molecular weight excluding hydrogens is 480 g/mol. The van der Waals surface area contributed by atoms with E-state index in [4.69, 9.17) is 16.3 Å². The maximum atomic E-state index is 13.9. The molecule has 1 spiro atoms. The summed E-state index contributed by atoms with van der Waals surface area (Å²) in [6.45, 7) is 0.862. The number of nitrogens with zero attached hydrogens (tertiary/aromatic N) is 1. The summed E-state index contributed by atoms with van der Waals surface area (Å²) in [6.07, 6.45) is 4.00. The van der Waals surface area contributed by atoms with Crippen molar-refractivity contribution in [3.8, 4) is 0 Å². The number of carbonyl (C=O) groups is 3. The first-order chi connectivity index (χ1) is 17.5. The maximum absolute atomic E-state index is 13.9. The molecule has 0 bridgehead atoms. The summed E-state index contributed by atoms with van der Waals surface area (Å²) < 4.78 is 5.74. The number of amides is 3. The molecule has 7 rings (SSSR count). The molecule has 3 aromatic rings. The molecule has 0 saturated carbocycles. The Morgan fingerprint density at radius 1 is 1.08 bits per heavy atom. The number of aromatic amines is 1. The summed E-state index contributed by atoms with van der Waals surface area (Å²) in [5.41, 5.74) is 1.79. The van der Waals surface area contributed by atoms with E-state index in [0.717, 1.165) is 29.3 Å². The summed E-state index contributed by atoms with van der Waals surface area (Å²) >= 11 is 6.44. The highest BCUT2D eigenvalue weighted by Gasteiger charge is 2.70. The van der Waals surface area contributed by atoms with E-state index in [1.54, 1.807) is 12.1 Å². The lowest BCUT2D eigenvalue weighted by Gasteiger charge is -2.30. The highest BCUT2D eigenvalue weighted by molar-refractivity contribution is 6.35. The number of H-pyrrole nitrogens is 1. The van der Waals surface area contributed by atoms with Crippen LogP contribution in [-0.2, 0) is 31.1 Å². The first-order valence-corrected chi connectivity index (χ1v) is 12.8. The molecule has 184 valence electrons. The quantitative estimate of drug-likeness (QED) is 0.474. The standard InChI is InChI=1S/C27H25ClN4O4/c28-18-8-3-7-17-23(18)30-26(35)27(17)22-21(24(33)32(25(22)34)13-15-5-4-10-36-15)20(31-27)11-14-12-29-19-9-2-1-6-16(14)19/h1-3,6-9,12,15,20-22,29,31H,4-5,10-11,13H2,(H,30,35)/t15-,20+,21+,22-,27-/m1/s1. The SMILES string of the molecule is O=C1[C@H]2[C@H](Cc3c[nH]c4ccccc34)N[C@@]3(C(=O)Nc4c(Cl)cccc43)[C@H]2C(=O)N1C[C@H]1CCCO1. The van der Waals surface area contributed by atoms with Crippen LogP contribution in [0.5, 0.6) is 0 Å². The van der Waals surface area contributed by atoms with Crippen LogP contribution in [0.2, 0.25) is 5.02 Å². The number of aromatic nitrogens is 1. The fraction of sp³-hybridized carbons (Fsp3) is 0.370. The summed E-state index contributed by atoms with van der Waals surface area (Å²) in [5, 5.41) is 7.86. The van der Waals surface area contributed by atoms with Gasteiger partial charge in [0.25, 0.3) is 0 Å². The van der Waals surface area contributed by atoms with Gasteiger partial charge in [0.05, 0.1) is 35.2 Å².